The third-order valence-electron chi connectivity index (χ3n) is 1.61. The van der Waals surface area contributed by atoms with Gasteiger partial charge >= 0.3 is 0 Å². The van der Waals surface area contributed by atoms with Crippen molar-refractivity contribution in [2.24, 2.45) is 0 Å². The van der Waals surface area contributed by atoms with Crippen LogP contribution in [0.4, 0.5) is 17.5 Å². The van der Waals surface area contributed by atoms with Crippen molar-refractivity contribution in [1.82, 2.24) is 15.0 Å². The summed E-state index contributed by atoms with van der Waals surface area (Å²) in [5.41, 5.74) is 5.53. The van der Waals surface area contributed by atoms with Crippen LogP contribution in [-0.2, 0) is 0 Å². The smallest absolute Gasteiger partial charge is 0.134 e. The van der Waals surface area contributed by atoms with E-state index in [4.69, 9.17) is 5.73 Å². The lowest BCUT2D eigenvalue weighted by Gasteiger charge is -2.03. The van der Waals surface area contributed by atoms with Crippen molar-refractivity contribution in [3.8, 4) is 0 Å². The normalized spacial score (nSPS) is 9.71. The molecule has 70 valence electrons. The van der Waals surface area contributed by atoms with E-state index in [9.17, 15) is 0 Å². The molecule has 0 unspecified atom stereocenters. The molecule has 5 nitrogen and oxygen atoms in total. The molecule has 0 aliphatic heterocycles. The number of hydrogen-bond acceptors (Lipinski definition) is 5. The van der Waals surface area contributed by atoms with Crippen LogP contribution >= 0.6 is 0 Å². The molecule has 0 aromatic carbocycles. The van der Waals surface area contributed by atoms with Crippen LogP contribution in [0.3, 0.4) is 0 Å². The van der Waals surface area contributed by atoms with Crippen LogP contribution in [0.1, 0.15) is 0 Å². The fourth-order valence-corrected chi connectivity index (χ4v) is 1.02. The molecule has 0 radical (unpaired) electrons. The van der Waals surface area contributed by atoms with E-state index in [0.717, 1.165) is 0 Å². The molecule has 3 N–H and O–H groups in total. The first-order valence-electron chi connectivity index (χ1n) is 4.10. The Labute approximate surface area is 81.0 Å². The van der Waals surface area contributed by atoms with Crippen LogP contribution in [0, 0.1) is 0 Å². The molecule has 0 atom stereocenters. The third kappa shape index (κ3) is 1.95. The molecule has 2 heterocycles. The van der Waals surface area contributed by atoms with Crippen LogP contribution in [-0.4, -0.2) is 15.0 Å². The van der Waals surface area contributed by atoms with E-state index in [-0.39, 0.29) is 0 Å². The molecule has 2 rings (SSSR count). The minimum Gasteiger partial charge on any atom is -0.384 e. The number of nitrogen functional groups attached to an aromatic ring is 1. The van der Waals surface area contributed by atoms with Crippen LogP contribution in [0.2, 0.25) is 0 Å². The van der Waals surface area contributed by atoms with Gasteiger partial charge in [-0.05, 0) is 18.2 Å². The van der Waals surface area contributed by atoms with Gasteiger partial charge in [0, 0.05) is 6.20 Å². The van der Waals surface area contributed by atoms with Gasteiger partial charge in [0.25, 0.3) is 0 Å². The van der Waals surface area contributed by atoms with E-state index in [1.807, 2.05) is 12.1 Å². The number of aromatic nitrogens is 3. The molecule has 0 amide bonds. The molecular weight excluding hydrogens is 178 g/mol. The second-order valence-electron chi connectivity index (χ2n) is 2.67. The highest BCUT2D eigenvalue weighted by atomic mass is 15.1. The molecule has 0 spiro atoms. The Hall–Kier alpha value is -2.17. The summed E-state index contributed by atoms with van der Waals surface area (Å²) in [6.07, 6.45) is 3.12. The van der Waals surface area contributed by atoms with Crippen molar-refractivity contribution < 1.29 is 0 Å². The van der Waals surface area contributed by atoms with E-state index >= 15 is 0 Å². The Kier molecular flexibility index (Phi) is 2.22. The number of anilines is 3. The van der Waals surface area contributed by atoms with E-state index in [1.54, 1.807) is 18.3 Å². The molecule has 0 saturated heterocycles. The summed E-state index contributed by atoms with van der Waals surface area (Å²) < 4.78 is 0. The van der Waals surface area contributed by atoms with Gasteiger partial charge in [0.05, 0.1) is 0 Å². The zero-order valence-corrected chi connectivity index (χ0v) is 7.38. The van der Waals surface area contributed by atoms with E-state index in [2.05, 4.69) is 20.3 Å². The van der Waals surface area contributed by atoms with Crippen molar-refractivity contribution in [3.05, 3.63) is 36.8 Å². The van der Waals surface area contributed by atoms with Crippen LogP contribution in [0.15, 0.2) is 36.8 Å². The molecule has 0 fully saturated rings. The maximum Gasteiger partial charge on any atom is 0.134 e. The average Bonchev–Trinajstić information content (AvgIpc) is 2.19. The SMILES string of the molecule is Nc1cccc(Nc2ccncn2)n1. The summed E-state index contributed by atoms with van der Waals surface area (Å²) in [5, 5.41) is 3.00. The van der Waals surface area contributed by atoms with Gasteiger partial charge in [-0.1, -0.05) is 6.07 Å². The minimum absolute atomic E-state index is 0.476. The lowest BCUT2D eigenvalue weighted by atomic mass is 10.4. The molecule has 0 bridgehead atoms. The second kappa shape index (κ2) is 3.69. The van der Waals surface area contributed by atoms with E-state index in [0.29, 0.717) is 17.5 Å². The van der Waals surface area contributed by atoms with Crippen LogP contribution < -0.4 is 11.1 Å². The molecule has 14 heavy (non-hydrogen) atoms. The summed E-state index contributed by atoms with van der Waals surface area (Å²) in [5.74, 6) is 1.84. The Morgan fingerprint density at radius 2 is 2.07 bits per heavy atom. The second-order valence-corrected chi connectivity index (χ2v) is 2.67. The molecule has 2 aromatic heterocycles. The van der Waals surface area contributed by atoms with Gasteiger partial charge in [-0.3, -0.25) is 0 Å². The first-order valence-corrected chi connectivity index (χ1v) is 4.10. The monoisotopic (exact) mass is 187 g/mol. The molecule has 0 saturated carbocycles. The highest BCUT2D eigenvalue weighted by Crippen LogP contribution is 2.11. The van der Waals surface area contributed by atoms with Crippen molar-refractivity contribution in [2.75, 3.05) is 11.1 Å². The molecule has 0 aliphatic carbocycles. The number of rotatable bonds is 2. The average molecular weight is 187 g/mol. The summed E-state index contributed by atoms with van der Waals surface area (Å²) in [6.45, 7) is 0. The van der Waals surface area contributed by atoms with Gasteiger partial charge in [-0.2, -0.15) is 0 Å². The van der Waals surface area contributed by atoms with Crippen LogP contribution in [0.25, 0.3) is 0 Å². The number of pyridine rings is 1. The summed E-state index contributed by atoms with van der Waals surface area (Å²) >= 11 is 0. The van der Waals surface area contributed by atoms with Crippen LogP contribution in [0.5, 0.6) is 0 Å². The summed E-state index contributed by atoms with van der Waals surface area (Å²) in [6, 6.07) is 7.13. The van der Waals surface area contributed by atoms with Gasteiger partial charge in [0.1, 0.15) is 23.8 Å². The van der Waals surface area contributed by atoms with Crippen molar-refractivity contribution >= 4 is 17.5 Å². The highest BCUT2D eigenvalue weighted by Gasteiger charge is 1.95. The minimum atomic E-state index is 0.476. The zero-order valence-electron chi connectivity index (χ0n) is 7.38. The lowest BCUT2D eigenvalue weighted by Crippen LogP contribution is -1.98. The largest absolute Gasteiger partial charge is 0.384 e. The van der Waals surface area contributed by atoms with Crippen molar-refractivity contribution in [1.29, 1.82) is 0 Å². The standard InChI is InChI=1S/C9H9N5/c10-7-2-1-3-9(13-7)14-8-4-5-11-6-12-8/h1-6H,(H3,10,11,12,13,14). The Morgan fingerprint density at radius 3 is 2.79 bits per heavy atom. The fourth-order valence-electron chi connectivity index (χ4n) is 1.02. The van der Waals surface area contributed by atoms with E-state index < -0.39 is 0 Å². The predicted molar refractivity (Wildman–Crippen MR) is 54.0 cm³/mol. The highest BCUT2D eigenvalue weighted by molar-refractivity contribution is 5.52. The van der Waals surface area contributed by atoms with Gasteiger partial charge in [0.15, 0.2) is 0 Å². The first kappa shape index (κ1) is 8.43. The number of nitrogens with two attached hydrogens (primary N) is 1. The van der Waals surface area contributed by atoms with Gasteiger partial charge in [-0.25, -0.2) is 15.0 Å². The molecule has 5 heteroatoms. The third-order valence-corrected chi connectivity index (χ3v) is 1.61. The zero-order chi connectivity index (χ0) is 9.80. The molecule has 0 aliphatic rings. The maximum absolute atomic E-state index is 5.53. The van der Waals surface area contributed by atoms with Gasteiger partial charge in [0.2, 0.25) is 0 Å². The number of nitrogens with one attached hydrogen (secondary N) is 1. The predicted octanol–water partition coefficient (Wildman–Crippen LogP) is 1.20. The number of hydrogen-bond donors (Lipinski definition) is 2. The topological polar surface area (TPSA) is 76.7 Å². The molecular formula is C9H9N5. The van der Waals surface area contributed by atoms with Crippen molar-refractivity contribution in [2.45, 2.75) is 0 Å². The summed E-state index contributed by atoms with van der Waals surface area (Å²) in [4.78, 5) is 11.9. The van der Waals surface area contributed by atoms with Gasteiger partial charge < -0.3 is 11.1 Å². The Morgan fingerprint density at radius 1 is 1.14 bits per heavy atom. The fraction of sp³-hybridized carbons (Fsp3) is 0. The first-order chi connectivity index (χ1) is 6.84. The summed E-state index contributed by atoms with van der Waals surface area (Å²) in [7, 11) is 0. The Bertz CT molecular complexity index is 415. The molecule has 2 aromatic rings. The van der Waals surface area contributed by atoms with Gasteiger partial charge in [-0.15, -0.1) is 0 Å². The lowest BCUT2D eigenvalue weighted by molar-refractivity contribution is 1.16. The van der Waals surface area contributed by atoms with Crippen molar-refractivity contribution in [3.63, 3.8) is 0 Å². The quantitative estimate of drug-likeness (QED) is 0.738. The Balaban J connectivity index is 2.19. The number of nitrogens with zero attached hydrogens (tertiary/aromatic N) is 3. The van der Waals surface area contributed by atoms with E-state index in [1.165, 1.54) is 6.33 Å². The maximum atomic E-state index is 5.53.